The van der Waals surface area contributed by atoms with Gasteiger partial charge in [-0.25, -0.2) is 4.39 Å². The molecule has 0 bridgehead atoms. The van der Waals surface area contributed by atoms with Crippen LogP contribution in [0, 0.1) is 5.82 Å². The van der Waals surface area contributed by atoms with Crippen LogP contribution in [0.1, 0.15) is 24.5 Å². The molecule has 1 aromatic rings. The number of carboxylic acid groups (broad SMARTS) is 1. The molecule has 1 aliphatic heterocycles. The average Bonchev–Trinajstić information content (AvgIpc) is 2.42. The monoisotopic (exact) mass is 301 g/mol. The van der Waals surface area contributed by atoms with Crippen LogP contribution in [-0.2, 0) is 9.53 Å². The number of morpholine rings is 1. The molecule has 1 fully saturated rings. The van der Waals surface area contributed by atoms with Crippen LogP contribution in [0.3, 0.4) is 0 Å². The predicted molar refractivity (Wildman–Crippen MR) is 73.4 cm³/mol. The Labute approximate surface area is 122 Å². The SMILES string of the molecule is O=C(O)CCCN1CCO[C@@H](c2ccc(F)c(Cl)c2)C1. The Bertz CT molecular complexity index is 483. The van der Waals surface area contributed by atoms with Crippen LogP contribution in [0.5, 0.6) is 0 Å². The van der Waals surface area contributed by atoms with Crippen LogP contribution in [0.25, 0.3) is 0 Å². The topological polar surface area (TPSA) is 49.8 Å². The van der Waals surface area contributed by atoms with Gasteiger partial charge in [-0.3, -0.25) is 9.69 Å². The fraction of sp³-hybridized carbons (Fsp3) is 0.500. The van der Waals surface area contributed by atoms with Crippen LogP contribution >= 0.6 is 11.6 Å². The lowest BCUT2D eigenvalue weighted by atomic mass is 10.1. The predicted octanol–water partition coefficient (Wildman–Crippen LogP) is 2.72. The molecule has 0 saturated carbocycles. The van der Waals surface area contributed by atoms with E-state index in [1.165, 1.54) is 6.07 Å². The van der Waals surface area contributed by atoms with Gasteiger partial charge in [0.25, 0.3) is 0 Å². The van der Waals surface area contributed by atoms with E-state index < -0.39 is 11.8 Å². The lowest BCUT2D eigenvalue weighted by Crippen LogP contribution is -2.39. The summed E-state index contributed by atoms with van der Waals surface area (Å²) >= 11 is 5.78. The lowest BCUT2D eigenvalue weighted by molar-refractivity contribution is -0.137. The Morgan fingerprint density at radius 1 is 1.55 bits per heavy atom. The van der Waals surface area contributed by atoms with Crippen molar-refractivity contribution in [3.05, 3.63) is 34.6 Å². The van der Waals surface area contributed by atoms with Gasteiger partial charge in [0.15, 0.2) is 0 Å². The minimum absolute atomic E-state index is 0.0918. The molecular weight excluding hydrogens is 285 g/mol. The summed E-state index contributed by atoms with van der Waals surface area (Å²) in [6.45, 7) is 2.75. The van der Waals surface area contributed by atoms with Crippen LogP contribution in [-0.4, -0.2) is 42.2 Å². The zero-order valence-electron chi connectivity index (χ0n) is 11.0. The van der Waals surface area contributed by atoms with E-state index in [2.05, 4.69) is 4.90 Å². The molecule has 1 heterocycles. The summed E-state index contributed by atoms with van der Waals surface area (Å²) in [5, 5.41) is 8.73. The molecule has 0 unspecified atom stereocenters. The highest BCUT2D eigenvalue weighted by Crippen LogP contribution is 2.26. The third kappa shape index (κ3) is 4.16. The van der Waals surface area contributed by atoms with Crippen molar-refractivity contribution in [3.63, 3.8) is 0 Å². The van der Waals surface area contributed by atoms with Gasteiger partial charge in [0.1, 0.15) is 5.82 Å². The van der Waals surface area contributed by atoms with Crippen molar-refractivity contribution in [2.45, 2.75) is 18.9 Å². The highest BCUT2D eigenvalue weighted by atomic mass is 35.5. The number of hydrogen-bond acceptors (Lipinski definition) is 3. The molecule has 20 heavy (non-hydrogen) atoms. The molecule has 4 nitrogen and oxygen atoms in total. The molecule has 0 radical (unpaired) electrons. The minimum Gasteiger partial charge on any atom is -0.481 e. The number of halogens is 2. The van der Waals surface area contributed by atoms with Gasteiger partial charge in [0, 0.05) is 19.5 Å². The second-order valence-corrected chi connectivity index (χ2v) is 5.24. The summed E-state index contributed by atoms with van der Waals surface area (Å²) < 4.78 is 18.8. The fourth-order valence-corrected chi connectivity index (χ4v) is 2.46. The Balaban J connectivity index is 1.92. The molecule has 0 aromatic heterocycles. The Kier molecular flexibility index (Phi) is 5.34. The minimum atomic E-state index is -0.778. The first-order valence-electron chi connectivity index (χ1n) is 6.57. The highest BCUT2D eigenvalue weighted by molar-refractivity contribution is 6.30. The molecule has 2 rings (SSSR count). The van der Waals surface area contributed by atoms with Crippen molar-refractivity contribution in [1.29, 1.82) is 0 Å². The maximum atomic E-state index is 13.1. The number of rotatable bonds is 5. The maximum absolute atomic E-state index is 13.1. The normalized spacial score (nSPS) is 20.0. The number of aliphatic carboxylic acids is 1. The Morgan fingerprint density at radius 2 is 2.35 bits per heavy atom. The quantitative estimate of drug-likeness (QED) is 0.908. The average molecular weight is 302 g/mol. The van der Waals surface area contributed by atoms with Gasteiger partial charge in [0.05, 0.1) is 17.7 Å². The molecule has 0 amide bonds. The van der Waals surface area contributed by atoms with Crippen LogP contribution in [0.4, 0.5) is 4.39 Å². The lowest BCUT2D eigenvalue weighted by Gasteiger charge is -2.33. The zero-order chi connectivity index (χ0) is 14.5. The smallest absolute Gasteiger partial charge is 0.303 e. The molecule has 1 aliphatic rings. The fourth-order valence-electron chi connectivity index (χ4n) is 2.27. The number of benzene rings is 1. The number of carbonyl (C=O) groups is 1. The summed E-state index contributed by atoms with van der Waals surface area (Å²) in [6, 6.07) is 4.60. The van der Waals surface area contributed by atoms with E-state index in [1.54, 1.807) is 12.1 Å². The summed E-state index contributed by atoms with van der Waals surface area (Å²) in [5.41, 5.74) is 0.847. The van der Waals surface area contributed by atoms with E-state index in [-0.39, 0.29) is 17.5 Å². The molecule has 1 N–H and O–H groups in total. The van der Waals surface area contributed by atoms with Gasteiger partial charge in [-0.2, -0.15) is 0 Å². The van der Waals surface area contributed by atoms with Crippen molar-refractivity contribution in [3.8, 4) is 0 Å². The highest BCUT2D eigenvalue weighted by Gasteiger charge is 2.22. The first-order chi connectivity index (χ1) is 9.56. The van der Waals surface area contributed by atoms with Gasteiger partial charge < -0.3 is 9.84 Å². The standard InChI is InChI=1S/C14H17ClFNO3/c15-11-8-10(3-4-12(11)16)13-9-17(6-7-20-13)5-1-2-14(18)19/h3-4,8,13H,1-2,5-7,9H2,(H,18,19)/t13-/m1/s1. The Morgan fingerprint density at radius 3 is 3.05 bits per heavy atom. The van der Waals surface area contributed by atoms with Crippen molar-refractivity contribution in [2.24, 2.45) is 0 Å². The van der Waals surface area contributed by atoms with Crippen LogP contribution < -0.4 is 0 Å². The van der Waals surface area contributed by atoms with E-state index in [0.717, 1.165) is 18.7 Å². The van der Waals surface area contributed by atoms with E-state index in [0.29, 0.717) is 19.6 Å². The third-order valence-corrected chi connectivity index (χ3v) is 3.62. The zero-order valence-corrected chi connectivity index (χ0v) is 11.8. The van der Waals surface area contributed by atoms with E-state index >= 15 is 0 Å². The molecule has 6 heteroatoms. The van der Waals surface area contributed by atoms with Crippen molar-refractivity contribution in [1.82, 2.24) is 4.90 Å². The van der Waals surface area contributed by atoms with Gasteiger partial charge in [-0.1, -0.05) is 17.7 Å². The number of hydrogen-bond donors (Lipinski definition) is 1. The summed E-state index contributed by atoms with van der Waals surface area (Å²) in [4.78, 5) is 12.7. The number of nitrogens with zero attached hydrogens (tertiary/aromatic N) is 1. The number of carboxylic acids is 1. The van der Waals surface area contributed by atoms with Crippen molar-refractivity contribution in [2.75, 3.05) is 26.2 Å². The van der Waals surface area contributed by atoms with E-state index in [9.17, 15) is 9.18 Å². The maximum Gasteiger partial charge on any atom is 0.303 e. The molecule has 1 saturated heterocycles. The summed E-state index contributed by atoms with van der Waals surface area (Å²) in [6.07, 6.45) is 0.642. The van der Waals surface area contributed by atoms with Gasteiger partial charge in [-0.05, 0) is 30.7 Å². The summed E-state index contributed by atoms with van der Waals surface area (Å²) in [7, 11) is 0. The van der Waals surface area contributed by atoms with E-state index in [4.69, 9.17) is 21.4 Å². The molecule has 110 valence electrons. The molecule has 1 aromatic carbocycles. The molecule has 1 atom stereocenters. The molecule has 0 spiro atoms. The number of ether oxygens (including phenoxy) is 1. The van der Waals surface area contributed by atoms with Gasteiger partial charge in [0.2, 0.25) is 0 Å². The summed E-state index contributed by atoms with van der Waals surface area (Å²) in [5.74, 6) is -1.22. The molecular formula is C14H17ClFNO3. The second kappa shape index (κ2) is 7.02. The Hall–Kier alpha value is -1.17. The van der Waals surface area contributed by atoms with Crippen molar-refractivity contribution >= 4 is 17.6 Å². The van der Waals surface area contributed by atoms with Gasteiger partial charge in [-0.15, -0.1) is 0 Å². The van der Waals surface area contributed by atoms with Crippen LogP contribution in [0.15, 0.2) is 18.2 Å². The van der Waals surface area contributed by atoms with Crippen molar-refractivity contribution < 1.29 is 19.0 Å². The van der Waals surface area contributed by atoms with E-state index in [1.807, 2.05) is 0 Å². The first-order valence-corrected chi connectivity index (χ1v) is 6.95. The largest absolute Gasteiger partial charge is 0.481 e. The first kappa shape index (κ1) is 15.2. The van der Waals surface area contributed by atoms with Gasteiger partial charge >= 0.3 is 5.97 Å². The van der Waals surface area contributed by atoms with Crippen LogP contribution in [0.2, 0.25) is 5.02 Å². The third-order valence-electron chi connectivity index (χ3n) is 3.33. The molecule has 0 aliphatic carbocycles. The second-order valence-electron chi connectivity index (χ2n) is 4.83.